The molecule has 0 bridgehead atoms. The van der Waals surface area contributed by atoms with Crippen LogP contribution in [0.15, 0.2) is 41.7 Å². The van der Waals surface area contributed by atoms with Gasteiger partial charge in [-0.1, -0.05) is 11.6 Å². The van der Waals surface area contributed by atoms with Gasteiger partial charge in [-0.25, -0.2) is 13.4 Å². The Labute approximate surface area is 195 Å². The van der Waals surface area contributed by atoms with E-state index in [0.717, 1.165) is 38.2 Å². The van der Waals surface area contributed by atoms with Gasteiger partial charge in [0.2, 0.25) is 15.9 Å². The summed E-state index contributed by atoms with van der Waals surface area (Å²) < 4.78 is 71.1. The topological polar surface area (TPSA) is 75.6 Å². The molecule has 0 spiro atoms. The fourth-order valence-electron chi connectivity index (χ4n) is 4.28. The largest absolute Gasteiger partial charge is 0.473 e. The van der Waals surface area contributed by atoms with Crippen molar-refractivity contribution in [2.24, 2.45) is 0 Å². The van der Waals surface area contributed by atoms with Crippen molar-refractivity contribution in [3.05, 3.63) is 47.4 Å². The summed E-state index contributed by atoms with van der Waals surface area (Å²) >= 11 is 5.94. The number of ether oxygens (including phenoxy) is 1. The molecule has 2 aliphatic rings. The number of aromatic nitrogens is 2. The fraction of sp³-hybridized carbons (Fsp3) is 0.524. The van der Waals surface area contributed by atoms with E-state index in [2.05, 4.69) is 14.9 Å². The molecule has 7 nitrogen and oxygen atoms in total. The van der Waals surface area contributed by atoms with Gasteiger partial charge in [-0.2, -0.15) is 17.5 Å². The number of pyridine rings is 2. The van der Waals surface area contributed by atoms with Crippen LogP contribution in [0.25, 0.3) is 0 Å². The molecule has 0 amide bonds. The number of nitrogens with zero attached hydrogens (tertiary/aromatic N) is 4. The van der Waals surface area contributed by atoms with Gasteiger partial charge in [-0.15, -0.1) is 0 Å². The first-order chi connectivity index (χ1) is 15.6. The highest BCUT2D eigenvalue weighted by Crippen LogP contribution is 2.34. The van der Waals surface area contributed by atoms with Crippen molar-refractivity contribution in [3.8, 4) is 5.88 Å². The Morgan fingerprint density at radius 3 is 2.33 bits per heavy atom. The molecule has 0 N–H and O–H groups in total. The van der Waals surface area contributed by atoms with Gasteiger partial charge in [0.25, 0.3) is 0 Å². The fourth-order valence-corrected chi connectivity index (χ4v) is 5.93. The lowest BCUT2D eigenvalue weighted by Gasteiger charge is -2.41. The number of alkyl halides is 3. The molecule has 0 saturated carbocycles. The Morgan fingerprint density at radius 2 is 1.76 bits per heavy atom. The van der Waals surface area contributed by atoms with Gasteiger partial charge in [-0.05, 0) is 43.9 Å². The monoisotopic (exact) mass is 504 g/mol. The normalized spacial score (nSPS) is 20.1. The molecule has 0 radical (unpaired) electrons. The smallest absolute Gasteiger partial charge is 0.417 e. The molecule has 2 aromatic rings. The molecular weight excluding hydrogens is 481 g/mol. The predicted octanol–water partition coefficient (Wildman–Crippen LogP) is 3.85. The van der Waals surface area contributed by atoms with Gasteiger partial charge in [0.15, 0.2) is 0 Å². The SMILES string of the molecule is O=S(=O)(c1cccnc1)N1CCC(N2CCC(Oc3ncc(C(F)(F)F)cc3Cl)CC2)CC1. The Kier molecular flexibility index (Phi) is 7.13. The molecule has 2 aromatic heterocycles. The van der Waals surface area contributed by atoms with Gasteiger partial charge in [0, 0.05) is 50.8 Å². The lowest BCUT2D eigenvalue weighted by molar-refractivity contribution is -0.137. The van der Waals surface area contributed by atoms with E-state index in [1.165, 1.54) is 10.5 Å². The van der Waals surface area contributed by atoms with E-state index in [-0.39, 0.29) is 27.9 Å². The Morgan fingerprint density at radius 1 is 1.06 bits per heavy atom. The molecule has 12 heteroatoms. The molecule has 180 valence electrons. The standard InChI is InChI=1S/C21H24ClF3N4O3S/c22-19-12-15(21(23,24)25)13-27-20(19)32-17-5-8-28(9-6-17)16-3-10-29(11-4-16)33(30,31)18-2-1-7-26-14-18/h1-2,7,12-14,16-17H,3-6,8-11H2. The number of hydrogen-bond donors (Lipinski definition) is 0. The molecule has 0 aromatic carbocycles. The third-order valence-electron chi connectivity index (χ3n) is 6.10. The van der Waals surface area contributed by atoms with Gasteiger partial charge < -0.3 is 9.64 Å². The zero-order chi connectivity index (χ0) is 23.6. The van der Waals surface area contributed by atoms with Crippen molar-refractivity contribution >= 4 is 21.6 Å². The lowest BCUT2D eigenvalue weighted by Crippen LogP contribution is -2.50. The third kappa shape index (κ3) is 5.59. The first-order valence-electron chi connectivity index (χ1n) is 10.7. The molecule has 4 heterocycles. The van der Waals surface area contributed by atoms with Gasteiger partial charge >= 0.3 is 6.18 Å². The number of likely N-dealkylation sites (tertiary alicyclic amines) is 1. The lowest BCUT2D eigenvalue weighted by atomic mass is 10.00. The highest BCUT2D eigenvalue weighted by molar-refractivity contribution is 7.89. The zero-order valence-electron chi connectivity index (χ0n) is 17.7. The minimum Gasteiger partial charge on any atom is -0.473 e. The van der Waals surface area contributed by atoms with Gasteiger partial charge in [-0.3, -0.25) is 4.98 Å². The number of piperidine rings is 2. The molecule has 0 unspecified atom stereocenters. The summed E-state index contributed by atoms with van der Waals surface area (Å²) in [5.41, 5.74) is -0.911. The van der Waals surface area contributed by atoms with Crippen molar-refractivity contribution < 1.29 is 26.3 Å². The number of halogens is 4. The average molecular weight is 505 g/mol. The number of rotatable bonds is 5. The summed E-state index contributed by atoms with van der Waals surface area (Å²) in [6, 6.07) is 4.27. The van der Waals surface area contributed by atoms with E-state index in [4.69, 9.17) is 16.3 Å². The number of hydrogen-bond acceptors (Lipinski definition) is 6. The van der Waals surface area contributed by atoms with Crippen molar-refractivity contribution in [1.29, 1.82) is 0 Å². The van der Waals surface area contributed by atoms with Crippen molar-refractivity contribution in [2.75, 3.05) is 26.2 Å². The first-order valence-corrected chi connectivity index (χ1v) is 12.5. The van der Waals surface area contributed by atoms with Crippen LogP contribution in [0.3, 0.4) is 0 Å². The Hall–Kier alpha value is -1.95. The summed E-state index contributed by atoms with van der Waals surface area (Å²) in [6.07, 6.45) is 1.78. The second kappa shape index (κ2) is 9.73. The minimum atomic E-state index is -4.51. The van der Waals surface area contributed by atoms with Crippen molar-refractivity contribution in [2.45, 2.75) is 48.9 Å². The molecule has 2 saturated heterocycles. The van der Waals surface area contributed by atoms with Crippen molar-refractivity contribution in [3.63, 3.8) is 0 Å². The van der Waals surface area contributed by atoms with E-state index in [0.29, 0.717) is 25.9 Å². The minimum absolute atomic E-state index is 0.0111. The molecule has 2 fully saturated rings. The van der Waals surface area contributed by atoms with Crippen LogP contribution in [0.4, 0.5) is 13.2 Å². The van der Waals surface area contributed by atoms with Gasteiger partial charge in [0.05, 0.1) is 5.56 Å². The van der Waals surface area contributed by atoms with Crippen LogP contribution in [0, 0.1) is 0 Å². The van der Waals surface area contributed by atoms with Crippen LogP contribution in [0.1, 0.15) is 31.2 Å². The molecular formula is C21H24ClF3N4O3S. The maximum atomic E-state index is 12.8. The maximum absolute atomic E-state index is 12.8. The first kappa shape index (κ1) is 24.2. The summed E-state index contributed by atoms with van der Waals surface area (Å²) in [5.74, 6) is 0.0111. The Bertz CT molecular complexity index is 1060. The second-order valence-corrected chi connectivity index (χ2v) is 10.5. The maximum Gasteiger partial charge on any atom is 0.417 e. The second-order valence-electron chi connectivity index (χ2n) is 8.19. The highest BCUT2D eigenvalue weighted by atomic mass is 35.5. The molecule has 33 heavy (non-hydrogen) atoms. The molecule has 0 atom stereocenters. The molecule has 0 aliphatic carbocycles. The van der Waals surface area contributed by atoms with Crippen LogP contribution in [0.5, 0.6) is 5.88 Å². The van der Waals surface area contributed by atoms with Crippen LogP contribution >= 0.6 is 11.6 Å². The van der Waals surface area contributed by atoms with Crippen LogP contribution in [-0.2, 0) is 16.2 Å². The zero-order valence-corrected chi connectivity index (χ0v) is 19.3. The van der Waals surface area contributed by atoms with Crippen molar-refractivity contribution in [1.82, 2.24) is 19.2 Å². The van der Waals surface area contributed by atoms with Crippen LogP contribution in [-0.4, -0.2) is 65.9 Å². The van der Waals surface area contributed by atoms with Crippen LogP contribution in [0.2, 0.25) is 5.02 Å². The van der Waals surface area contributed by atoms with Gasteiger partial charge in [0.1, 0.15) is 16.0 Å². The molecule has 2 aliphatic heterocycles. The molecule has 4 rings (SSSR count). The number of sulfonamides is 1. The van der Waals surface area contributed by atoms with E-state index < -0.39 is 21.8 Å². The van der Waals surface area contributed by atoms with E-state index >= 15 is 0 Å². The summed E-state index contributed by atoms with van der Waals surface area (Å²) in [4.78, 5) is 10.2. The quantitative estimate of drug-likeness (QED) is 0.616. The summed E-state index contributed by atoms with van der Waals surface area (Å²) in [5, 5.41) is -0.158. The average Bonchev–Trinajstić information content (AvgIpc) is 2.81. The highest BCUT2D eigenvalue weighted by Gasteiger charge is 2.34. The van der Waals surface area contributed by atoms with E-state index in [1.54, 1.807) is 18.3 Å². The van der Waals surface area contributed by atoms with Crippen LogP contribution < -0.4 is 4.74 Å². The van der Waals surface area contributed by atoms with E-state index in [9.17, 15) is 21.6 Å². The predicted molar refractivity (Wildman–Crippen MR) is 115 cm³/mol. The Balaban J connectivity index is 1.27. The summed E-state index contributed by atoms with van der Waals surface area (Å²) in [6.45, 7) is 2.40. The third-order valence-corrected chi connectivity index (χ3v) is 8.25. The van der Waals surface area contributed by atoms with E-state index in [1.807, 2.05) is 0 Å². The summed E-state index contributed by atoms with van der Waals surface area (Å²) in [7, 11) is -3.53.